The third-order valence-corrected chi connectivity index (χ3v) is 4.44. The van der Waals surface area contributed by atoms with Gasteiger partial charge in [0.15, 0.2) is 0 Å². The van der Waals surface area contributed by atoms with Crippen LogP contribution in [0.4, 0.5) is 0 Å². The van der Waals surface area contributed by atoms with Crippen LogP contribution in [0.15, 0.2) is 12.2 Å². The Labute approximate surface area is 87.2 Å². The summed E-state index contributed by atoms with van der Waals surface area (Å²) >= 11 is 0. The van der Waals surface area contributed by atoms with Gasteiger partial charge in [0.1, 0.15) is 0 Å². The minimum absolute atomic E-state index is 0.131. The summed E-state index contributed by atoms with van der Waals surface area (Å²) in [6.45, 7) is 8.70. The van der Waals surface area contributed by atoms with Crippen molar-refractivity contribution >= 4 is 0 Å². The molecular weight excluding hydrogens is 172 g/mol. The Hall–Kier alpha value is -0.300. The highest BCUT2D eigenvalue weighted by Gasteiger charge is 2.40. The van der Waals surface area contributed by atoms with E-state index in [2.05, 4.69) is 20.4 Å². The predicted molar refractivity (Wildman–Crippen MR) is 58.9 cm³/mol. The van der Waals surface area contributed by atoms with Crippen LogP contribution >= 0.6 is 0 Å². The molecule has 2 rings (SSSR count). The molecule has 1 nitrogen and oxygen atoms in total. The molecule has 2 fully saturated rings. The van der Waals surface area contributed by atoms with E-state index in [0.717, 1.165) is 12.3 Å². The maximum Gasteiger partial charge on any atom is 0.0605 e. The van der Waals surface area contributed by atoms with Crippen LogP contribution < -0.4 is 0 Å². The SMILES string of the molecule is C=C1CC(O)C(C)C2CC(C)CCC12. The first kappa shape index (κ1) is 10.2. The van der Waals surface area contributed by atoms with Crippen molar-refractivity contribution in [2.24, 2.45) is 23.7 Å². The lowest BCUT2D eigenvalue weighted by atomic mass is 9.61. The third-order valence-electron chi connectivity index (χ3n) is 4.44. The second-order valence-electron chi connectivity index (χ2n) is 5.48. The summed E-state index contributed by atoms with van der Waals surface area (Å²) in [5.41, 5.74) is 1.31. The van der Waals surface area contributed by atoms with Gasteiger partial charge < -0.3 is 5.11 Å². The average molecular weight is 194 g/mol. The van der Waals surface area contributed by atoms with Gasteiger partial charge in [0.2, 0.25) is 0 Å². The van der Waals surface area contributed by atoms with E-state index in [-0.39, 0.29) is 6.10 Å². The van der Waals surface area contributed by atoms with Gasteiger partial charge in [-0.05, 0) is 42.9 Å². The number of fused-ring (bicyclic) bond motifs is 1. The van der Waals surface area contributed by atoms with Crippen LogP contribution in [0.2, 0.25) is 0 Å². The minimum atomic E-state index is -0.131. The molecule has 0 aliphatic heterocycles. The average Bonchev–Trinajstić information content (AvgIpc) is 2.14. The first-order chi connectivity index (χ1) is 6.59. The van der Waals surface area contributed by atoms with E-state index in [1.807, 2.05) is 0 Å². The van der Waals surface area contributed by atoms with E-state index in [1.54, 1.807) is 0 Å². The zero-order valence-corrected chi connectivity index (χ0v) is 9.37. The lowest BCUT2D eigenvalue weighted by molar-refractivity contribution is 0.0132. The summed E-state index contributed by atoms with van der Waals surface area (Å²) in [6.07, 6.45) is 4.66. The van der Waals surface area contributed by atoms with Crippen molar-refractivity contribution in [3.05, 3.63) is 12.2 Å². The Morgan fingerprint density at radius 2 is 2.00 bits per heavy atom. The van der Waals surface area contributed by atoms with E-state index < -0.39 is 0 Å². The Balaban J connectivity index is 2.15. The van der Waals surface area contributed by atoms with Gasteiger partial charge in [0.05, 0.1) is 6.10 Å². The second kappa shape index (κ2) is 3.69. The van der Waals surface area contributed by atoms with Crippen LogP contribution in [0.5, 0.6) is 0 Å². The van der Waals surface area contributed by atoms with Crippen LogP contribution in [-0.2, 0) is 0 Å². The quantitative estimate of drug-likeness (QED) is 0.588. The fourth-order valence-electron chi connectivity index (χ4n) is 3.40. The topological polar surface area (TPSA) is 20.2 Å². The monoisotopic (exact) mass is 194 g/mol. The van der Waals surface area contributed by atoms with Crippen molar-refractivity contribution in [3.8, 4) is 0 Å². The number of rotatable bonds is 0. The molecule has 80 valence electrons. The second-order valence-corrected chi connectivity index (χ2v) is 5.48. The van der Waals surface area contributed by atoms with Crippen LogP contribution in [0, 0.1) is 23.7 Å². The molecule has 0 spiro atoms. The van der Waals surface area contributed by atoms with Gasteiger partial charge in [0.25, 0.3) is 0 Å². The maximum absolute atomic E-state index is 9.91. The largest absolute Gasteiger partial charge is 0.393 e. The van der Waals surface area contributed by atoms with Gasteiger partial charge in [0, 0.05) is 0 Å². The lowest BCUT2D eigenvalue weighted by Gasteiger charge is -2.45. The van der Waals surface area contributed by atoms with Crippen molar-refractivity contribution in [3.63, 3.8) is 0 Å². The maximum atomic E-state index is 9.91. The fourth-order valence-corrected chi connectivity index (χ4v) is 3.40. The predicted octanol–water partition coefficient (Wildman–Crippen LogP) is 3.00. The molecule has 0 bridgehead atoms. The van der Waals surface area contributed by atoms with Gasteiger partial charge in [-0.3, -0.25) is 0 Å². The molecule has 0 aromatic carbocycles. The lowest BCUT2D eigenvalue weighted by Crippen LogP contribution is -2.40. The highest BCUT2D eigenvalue weighted by molar-refractivity contribution is 5.11. The summed E-state index contributed by atoms with van der Waals surface area (Å²) in [5.74, 6) is 2.74. The molecule has 5 atom stereocenters. The standard InChI is InChI=1S/C13H22O/c1-8-4-5-11-9(2)7-13(14)10(3)12(11)6-8/h8,10-14H,2,4-7H2,1,3H3. The van der Waals surface area contributed by atoms with Crippen molar-refractivity contribution < 1.29 is 5.11 Å². The molecule has 5 unspecified atom stereocenters. The van der Waals surface area contributed by atoms with E-state index in [9.17, 15) is 5.11 Å². The van der Waals surface area contributed by atoms with E-state index in [1.165, 1.54) is 24.8 Å². The zero-order valence-electron chi connectivity index (χ0n) is 9.37. The summed E-state index contributed by atoms with van der Waals surface area (Å²) < 4.78 is 0. The molecule has 14 heavy (non-hydrogen) atoms. The molecule has 2 aliphatic carbocycles. The number of hydrogen-bond acceptors (Lipinski definition) is 1. The molecule has 1 N–H and O–H groups in total. The Kier molecular flexibility index (Phi) is 2.70. The molecule has 0 radical (unpaired) electrons. The zero-order chi connectivity index (χ0) is 10.3. The highest BCUT2D eigenvalue weighted by atomic mass is 16.3. The van der Waals surface area contributed by atoms with Crippen LogP contribution in [0.3, 0.4) is 0 Å². The van der Waals surface area contributed by atoms with Crippen LogP contribution in [-0.4, -0.2) is 11.2 Å². The minimum Gasteiger partial charge on any atom is -0.393 e. The number of hydrogen-bond donors (Lipinski definition) is 1. The summed E-state index contributed by atoms with van der Waals surface area (Å²) in [4.78, 5) is 0. The molecule has 0 heterocycles. The van der Waals surface area contributed by atoms with Gasteiger partial charge >= 0.3 is 0 Å². The fraction of sp³-hybridized carbons (Fsp3) is 0.846. The van der Waals surface area contributed by atoms with Crippen molar-refractivity contribution in [1.29, 1.82) is 0 Å². The van der Waals surface area contributed by atoms with Crippen molar-refractivity contribution in [2.75, 3.05) is 0 Å². The Bertz CT molecular complexity index is 233. The molecule has 0 aromatic rings. The first-order valence-electron chi connectivity index (χ1n) is 5.95. The summed E-state index contributed by atoms with van der Waals surface area (Å²) in [5, 5.41) is 9.91. The Morgan fingerprint density at radius 1 is 1.29 bits per heavy atom. The molecule has 0 saturated heterocycles. The molecule has 0 amide bonds. The van der Waals surface area contributed by atoms with Crippen molar-refractivity contribution in [2.45, 2.75) is 45.6 Å². The molecule has 2 saturated carbocycles. The van der Waals surface area contributed by atoms with Gasteiger partial charge in [-0.15, -0.1) is 0 Å². The first-order valence-corrected chi connectivity index (χ1v) is 5.95. The van der Waals surface area contributed by atoms with E-state index >= 15 is 0 Å². The highest BCUT2D eigenvalue weighted by Crippen LogP contribution is 2.47. The van der Waals surface area contributed by atoms with Crippen LogP contribution in [0.25, 0.3) is 0 Å². The number of aliphatic hydroxyl groups excluding tert-OH is 1. The number of aliphatic hydroxyl groups is 1. The van der Waals surface area contributed by atoms with Crippen LogP contribution in [0.1, 0.15) is 39.5 Å². The molecule has 0 aromatic heterocycles. The molecule has 2 aliphatic rings. The van der Waals surface area contributed by atoms with Gasteiger partial charge in [-0.25, -0.2) is 0 Å². The van der Waals surface area contributed by atoms with Gasteiger partial charge in [-0.2, -0.15) is 0 Å². The van der Waals surface area contributed by atoms with E-state index in [0.29, 0.717) is 17.8 Å². The van der Waals surface area contributed by atoms with Crippen molar-refractivity contribution in [1.82, 2.24) is 0 Å². The Morgan fingerprint density at radius 3 is 2.71 bits per heavy atom. The summed E-state index contributed by atoms with van der Waals surface area (Å²) in [7, 11) is 0. The van der Waals surface area contributed by atoms with E-state index in [4.69, 9.17) is 0 Å². The summed E-state index contributed by atoms with van der Waals surface area (Å²) in [6, 6.07) is 0. The molecule has 1 heteroatoms. The molecular formula is C13H22O. The third kappa shape index (κ3) is 1.63. The smallest absolute Gasteiger partial charge is 0.0605 e. The normalized spacial score (nSPS) is 48.8. The van der Waals surface area contributed by atoms with Gasteiger partial charge in [-0.1, -0.05) is 32.4 Å².